The van der Waals surface area contributed by atoms with Crippen LogP contribution in [0.4, 0.5) is 21.7 Å². The molecule has 0 fully saturated rings. The summed E-state index contributed by atoms with van der Waals surface area (Å²) in [5.41, 5.74) is 16.2. The highest BCUT2D eigenvalue weighted by Gasteiger charge is 2.25. The first-order chi connectivity index (χ1) is 18.0. The van der Waals surface area contributed by atoms with E-state index < -0.39 is 17.6 Å². The van der Waals surface area contributed by atoms with Gasteiger partial charge in [0.1, 0.15) is 11.5 Å². The molecule has 1 aromatic carbocycles. The number of anilines is 3. The van der Waals surface area contributed by atoms with Crippen molar-refractivity contribution in [1.82, 2.24) is 14.8 Å². The monoisotopic (exact) mass is 512 g/mol. The smallest absolute Gasteiger partial charge is 0.269 e. The number of aliphatic imine (C=N–C) groups is 1. The van der Waals surface area contributed by atoms with Crippen LogP contribution in [0.2, 0.25) is 0 Å². The number of halogens is 1. The van der Waals surface area contributed by atoms with E-state index in [1.807, 2.05) is 19.9 Å². The largest absolute Gasteiger partial charge is 0.428 e. The molecule has 38 heavy (non-hydrogen) atoms. The molecule has 6 N–H and O–H groups in total. The maximum Gasteiger partial charge on any atom is 0.269 e. The van der Waals surface area contributed by atoms with Crippen LogP contribution in [0, 0.1) is 25.1 Å². The van der Waals surface area contributed by atoms with E-state index in [4.69, 9.17) is 24.9 Å². The first-order valence-electron chi connectivity index (χ1n) is 11.8. The van der Waals surface area contributed by atoms with Gasteiger partial charge in [-0.2, -0.15) is 0 Å². The molecule has 0 aliphatic rings. The van der Waals surface area contributed by atoms with Crippen molar-refractivity contribution in [2.75, 3.05) is 18.1 Å². The Kier molecular flexibility index (Phi) is 8.62. The average Bonchev–Trinajstić information content (AvgIpc) is 2.86. The number of hydrogen-bond donors (Lipinski definition) is 4. The lowest BCUT2D eigenvalue weighted by molar-refractivity contribution is -0.114. The van der Waals surface area contributed by atoms with E-state index in [1.165, 1.54) is 17.1 Å². The first kappa shape index (κ1) is 28.0. The van der Waals surface area contributed by atoms with Crippen LogP contribution in [0.3, 0.4) is 0 Å². The summed E-state index contributed by atoms with van der Waals surface area (Å²) in [4.78, 5) is 27.1. The van der Waals surface area contributed by atoms with Gasteiger partial charge in [-0.3, -0.25) is 4.79 Å². The Bertz CT molecular complexity index is 1450. The number of nitrogens with two attached hydrogens (primary N) is 2. The second-order valence-corrected chi connectivity index (χ2v) is 8.88. The average molecular weight is 512 g/mol. The Labute approximate surface area is 222 Å². The normalized spacial score (nSPS) is 12.9. The van der Waals surface area contributed by atoms with Gasteiger partial charge in [-0.25, -0.2) is 19.4 Å². The molecule has 1 atom stereocenters. The Hall–Kier alpha value is -4.54. The van der Waals surface area contributed by atoms with Gasteiger partial charge in [0.15, 0.2) is 11.6 Å². The molecule has 0 saturated carbocycles. The number of aryl methyl sites for hydroxylation is 2. The number of carbonyl (C=O) groups excluding carboxylic acids is 1. The van der Waals surface area contributed by atoms with Gasteiger partial charge in [0.05, 0.1) is 0 Å². The van der Waals surface area contributed by atoms with E-state index in [0.717, 1.165) is 11.1 Å². The third kappa shape index (κ3) is 5.88. The summed E-state index contributed by atoms with van der Waals surface area (Å²) >= 11 is 0. The zero-order chi connectivity index (χ0) is 28.1. The number of primary amides is 1. The van der Waals surface area contributed by atoms with Gasteiger partial charge in [0, 0.05) is 52.2 Å². The lowest BCUT2D eigenvalue weighted by Gasteiger charge is -2.28. The number of allylic oxidation sites excluding steroid dienone is 1. The molecule has 0 bridgehead atoms. The van der Waals surface area contributed by atoms with Crippen LogP contribution in [-0.2, 0) is 4.79 Å². The minimum Gasteiger partial charge on any atom is -0.428 e. The molecule has 3 aromatic rings. The van der Waals surface area contributed by atoms with Crippen molar-refractivity contribution in [2.45, 2.75) is 33.6 Å². The summed E-state index contributed by atoms with van der Waals surface area (Å²) in [7, 11) is 7.78. The fraction of sp³-hybridized carbons (Fsp3) is 0.222. The van der Waals surface area contributed by atoms with E-state index in [0.29, 0.717) is 39.7 Å². The van der Waals surface area contributed by atoms with Crippen LogP contribution in [-0.4, -0.2) is 47.6 Å². The fourth-order valence-corrected chi connectivity index (χ4v) is 4.32. The first-order valence-corrected chi connectivity index (χ1v) is 11.8. The van der Waals surface area contributed by atoms with Gasteiger partial charge in [0.25, 0.3) is 5.91 Å². The second-order valence-electron chi connectivity index (χ2n) is 8.88. The molecule has 0 aliphatic carbocycles. The minimum atomic E-state index is -0.800. The maximum absolute atomic E-state index is 14.4. The number of hydrogen-bond acceptors (Lipinski definition) is 8. The van der Waals surface area contributed by atoms with Crippen LogP contribution in [0.15, 0.2) is 59.0 Å². The van der Waals surface area contributed by atoms with Crippen LogP contribution < -0.4 is 16.8 Å². The molecule has 9 nitrogen and oxygen atoms in total. The third-order valence-corrected chi connectivity index (χ3v) is 6.08. The predicted octanol–water partition coefficient (Wildman–Crippen LogP) is 3.88. The molecular formula is C27H30BFN8O. The summed E-state index contributed by atoms with van der Waals surface area (Å²) < 4.78 is 14.4. The highest BCUT2D eigenvalue weighted by atomic mass is 19.1. The van der Waals surface area contributed by atoms with Crippen LogP contribution in [0.5, 0.6) is 0 Å². The molecule has 1 amide bonds. The number of benzene rings is 1. The molecule has 11 heteroatoms. The van der Waals surface area contributed by atoms with Crippen molar-refractivity contribution in [3.63, 3.8) is 0 Å². The van der Waals surface area contributed by atoms with Crippen molar-refractivity contribution in [1.29, 1.82) is 5.41 Å². The molecule has 2 aromatic heterocycles. The van der Waals surface area contributed by atoms with Gasteiger partial charge in [-0.1, -0.05) is 13.0 Å². The number of amides is 1. The Morgan fingerprint density at radius 2 is 1.95 bits per heavy atom. The van der Waals surface area contributed by atoms with Crippen LogP contribution in [0.25, 0.3) is 0 Å². The van der Waals surface area contributed by atoms with E-state index in [9.17, 15) is 9.18 Å². The van der Waals surface area contributed by atoms with E-state index in [2.05, 4.69) is 20.3 Å². The standard InChI is InChI=1S/C27H30BFN8O/c1-14-8-11-21(31)19(13-30)22(14)16(3)24(37(5)28)23(25(32)38)35-17(4)18-7-6-12-33-26(18)36-27-20(29)10-9-15(2)34-27/h6-13,16,30H,31H2,1-5H3,(H2,32,38)(H,33,34,36)/b24-23+,30-13?,35-17?. The number of carbonyl (C=O) groups is 1. The van der Waals surface area contributed by atoms with Gasteiger partial charge in [0.2, 0.25) is 7.98 Å². The number of nitrogens with one attached hydrogen (secondary N) is 2. The van der Waals surface area contributed by atoms with Gasteiger partial charge >= 0.3 is 0 Å². The molecule has 0 aliphatic heterocycles. The number of nitrogen functional groups attached to an aromatic ring is 1. The lowest BCUT2D eigenvalue weighted by atomic mass is 9.86. The third-order valence-electron chi connectivity index (χ3n) is 6.08. The highest BCUT2D eigenvalue weighted by Crippen LogP contribution is 2.34. The molecule has 3 rings (SSSR count). The predicted molar refractivity (Wildman–Crippen MR) is 150 cm³/mol. The quantitative estimate of drug-likeness (QED) is 0.148. The Balaban J connectivity index is 2.18. The summed E-state index contributed by atoms with van der Waals surface area (Å²) in [6.45, 7) is 7.15. The SMILES string of the molecule is [B]N(C)/C(=C(/N=C(C)c1cccnc1Nc1nc(C)ccc1F)C(N)=O)C(C)c1c(C)ccc(N)c1C=N. The minimum absolute atomic E-state index is 0.00994. The molecule has 0 saturated heterocycles. The summed E-state index contributed by atoms with van der Waals surface area (Å²) in [6.07, 6.45) is 2.72. The van der Waals surface area contributed by atoms with Crippen molar-refractivity contribution >= 4 is 43.1 Å². The zero-order valence-corrected chi connectivity index (χ0v) is 22.0. The summed E-state index contributed by atoms with van der Waals surface area (Å²) in [5, 5.41) is 10.8. The molecular weight excluding hydrogens is 482 g/mol. The van der Waals surface area contributed by atoms with E-state index >= 15 is 0 Å². The van der Waals surface area contributed by atoms with Gasteiger partial charge in [-0.15, -0.1) is 0 Å². The number of likely N-dealkylation sites (N-methyl/N-ethyl adjacent to an activating group) is 1. The summed E-state index contributed by atoms with van der Waals surface area (Å²) in [6, 6.07) is 9.86. The number of nitrogens with zero attached hydrogens (tertiary/aromatic N) is 4. The Morgan fingerprint density at radius 3 is 2.58 bits per heavy atom. The number of pyridine rings is 2. The number of rotatable bonds is 9. The van der Waals surface area contributed by atoms with Crippen LogP contribution >= 0.6 is 0 Å². The van der Waals surface area contributed by atoms with Crippen molar-refractivity contribution in [3.05, 3.63) is 87.8 Å². The number of aromatic nitrogens is 2. The van der Waals surface area contributed by atoms with Crippen LogP contribution in [0.1, 0.15) is 47.7 Å². The van der Waals surface area contributed by atoms with Gasteiger partial charge in [-0.05, 0) is 69.3 Å². The van der Waals surface area contributed by atoms with Crippen molar-refractivity contribution < 1.29 is 9.18 Å². The maximum atomic E-state index is 14.4. The highest BCUT2D eigenvalue weighted by molar-refractivity contribution is 6.08. The lowest BCUT2D eigenvalue weighted by Crippen LogP contribution is -2.27. The Morgan fingerprint density at radius 1 is 1.24 bits per heavy atom. The van der Waals surface area contributed by atoms with E-state index in [-0.39, 0.29) is 11.5 Å². The molecule has 2 radical (unpaired) electrons. The zero-order valence-electron chi connectivity index (χ0n) is 22.0. The molecule has 1 unspecified atom stereocenters. The molecule has 194 valence electrons. The molecule has 2 heterocycles. The molecule has 0 spiro atoms. The van der Waals surface area contributed by atoms with Crippen molar-refractivity contribution in [2.24, 2.45) is 10.7 Å². The van der Waals surface area contributed by atoms with E-state index in [1.54, 1.807) is 51.4 Å². The van der Waals surface area contributed by atoms with Crippen molar-refractivity contribution in [3.8, 4) is 0 Å². The van der Waals surface area contributed by atoms with Gasteiger partial charge < -0.3 is 27.0 Å². The fourth-order valence-electron chi connectivity index (χ4n) is 4.32. The summed E-state index contributed by atoms with van der Waals surface area (Å²) in [5.74, 6) is -1.54. The topological polar surface area (TPSA) is 146 Å². The second kappa shape index (κ2) is 11.7.